The van der Waals surface area contributed by atoms with Gasteiger partial charge in [-0.2, -0.15) is 0 Å². The third-order valence-electron chi connectivity index (χ3n) is 6.98. The average Bonchev–Trinajstić information content (AvgIpc) is 2.69. The van der Waals surface area contributed by atoms with Crippen molar-refractivity contribution in [3.63, 3.8) is 0 Å². The van der Waals surface area contributed by atoms with Crippen LogP contribution in [-0.2, 0) is 33.3 Å². The van der Waals surface area contributed by atoms with Gasteiger partial charge in [0.1, 0.15) is 11.9 Å². The van der Waals surface area contributed by atoms with E-state index in [1.54, 1.807) is 14.0 Å². The van der Waals surface area contributed by atoms with Gasteiger partial charge in [-0.05, 0) is 45.4 Å². The molecule has 0 bridgehead atoms. The summed E-state index contributed by atoms with van der Waals surface area (Å²) in [5, 5.41) is 0. The molecular formula is C24H40O7. The fourth-order valence-corrected chi connectivity index (χ4v) is 5.16. The van der Waals surface area contributed by atoms with E-state index in [0.717, 1.165) is 6.42 Å². The molecule has 2 heterocycles. The van der Waals surface area contributed by atoms with E-state index < -0.39 is 29.4 Å². The molecule has 2 aliphatic heterocycles. The van der Waals surface area contributed by atoms with Crippen molar-refractivity contribution in [2.45, 2.75) is 97.6 Å². The fourth-order valence-electron chi connectivity index (χ4n) is 5.16. The number of Topliss-reactive ketones (excluding diaryl/α,β-unsaturated/α-hetero) is 1. The highest BCUT2D eigenvalue weighted by Gasteiger charge is 2.60. The highest BCUT2D eigenvalue weighted by atomic mass is 16.7. The minimum Gasteiger partial charge on any atom is -0.458 e. The number of fused-ring (bicyclic) bond motifs is 1. The molecule has 178 valence electrons. The minimum absolute atomic E-state index is 0.0873. The molecule has 0 aromatic heterocycles. The first-order valence-corrected chi connectivity index (χ1v) is 11.5. The summed E-state index contributed by atoms with van der Waals surface area (Å²) in [5.74, 6) is -1.39. The SMILES string of the molecule is CC[C@H]1OC(=O)C(C)CC(C)C[C@](C)(OC)C[C@@H](C)C(=O)[C@H](C)COC2C(=O)O[C@@]21C. The Hall–Kier alpha value is -1.47. The van der Waals surface area contributed by atoms with Crippen molar-refractivity contribution in [2.24, 2.45) is 23.7 Å². The molecule has 0 N–H and O–H groups in total. The molecule has 7 nitrogen and oxygen atoms in total. The molecule has 0 aromatic rings. The van der Waals surface area contributed by atoms with Gasteiger partial charge in [0, 0.05) is 18.9 Å². The van der Waals surface area contributed by atoms with Crippen LogP contribution in [0.4, 0.5) is 0 Å². The van der Waals surface area contributed by atoms with Gasteiger partial charge in [-0.25, -0.2) is 4.79 Å². The van der Waals surface area contributed by atoms with Crippen molar-refractivity contribution in [1.29, 1.82) is 0 Å². The van der Waals surface area contributed by atoms with Crippen molar-refractivity contribution >= 4 is 17.7 Å². The van der Waals surface area contributed by atoms with Crippen LogP contribution in [0, 0.1) is 23.7 Å². The summed E-state index contributed by atoms with van der Waals surface area (Å²) >= 11 is 0. The van der Waals surface area contributed by atoms with Crippen molar-refractivity contribution in [3.05, 3.63) is 0 Å². The van der Waals surface area contributed by atoms with Gasteiger partial charge < -0.3 is 18.9 Å². The summed E-state index contributed by atoms with van der Waals surface area (Å²) in [6.07, 6.45) is 0.980. The van der Waals surface area contributed by atoms with E-state index in [9.17, 15) is 14.4 Å². The quantitative estimate of drug-likeness (QED) is 0.605. The van der Waals surface area contributed by atoms with Crippen LogP contribution in [0.1, 0.15) is 74.1 Å². The number of carbonyl (C=O) groups is 3. The number of rotatable bonds is 2. The molecule has 2 saturated heterocycles. The number of ether oxygens (including phenoxy) is 4. The molecule has 2 rings (SSSR count). The monoisotopic (exact) mass is 440 g/mol. The number of methoxy groups -OCH3 is 1. The zero-order chi connectivity index (χ0) is 23.6. The van der Waals surface area contributed by atoms with E-state index in [4.69, 9.17) is 18.9 Å². The predicted molar refractivity (Wildman–Crippen MR) is 115 cm³/mol. The molecule has 7 heteroatoms. The summed E-state index contributed by atoms with van der Waals surface area (Å²) in [6, 6.07) is 0. The van der Waals surface area contributed by atoms with Crippen LogP contribution in [0.25, 0.3) is 0 Å². The topological polar surface area (TPSA) is 88.1 Å². The van der Waals surface area contributed by atoms with Crippen molar-refractivity contribution in [3.8, 4) is 0 Å². The highest BCUT2D eigenvalue weighted by Crippen LogP contribution is 2.38. The molecule has 31 heavy (non-hydrogen) atoms. The second-order valence-corrected chi connectivity index (χ2v) is 10.2. The third-order valence-corrected chi connectivity index (χ3v) is 6.98. The number of cyclic esters (lactones) is 1. The van der Waals surface area contributed by atoms with Gasteiger partial charge in [0.15, 0.2) is 11.7 Å². The Labute approximate surface area is 186 Å². The molecule has 0 spiro atoms. The maximum atomic E-state index is 13.0. The zero-order valence-corrected chi connectivity index (χ0v) is 20.4. The number of carbonyl (C=O) groups excluding carboxylic acids is 3. The molecule has 0 aromatic carbocycles. The number of esters is 2. The van der Waals surface area contributed by atoms with Crippen molar-refractivity contribution in [1.82, 2.24) is 0 Å². The molecule has 2 aliphatic rings. The second kappa shape index (κ2) is 9.99. The Bertz CT molecular complexity index is 677. The number of hydrogen-bond donors (Lipinski definition) is 0. The van der Waals surface area contributed by atoms with Crippen LogP contribution < -0.4 is 0 Å². The fraction of sp³-hybridized carbons (Fsp3) is 0.875. The zero-order valence-electron chi connectivity index (χ0n) is 20.4. The third kappa shape index (κ3) is 5.67. The summed E-state index contributed by atoms with van der Waals surface area (Å²) in [6.45, 7) is 13.4. The molecule has 0 amide bonds. The van der Waals surface area contributed by atoms with Crippen LogP contribution in [0.3, 0.4) is 0 Å². The van der Waals surface area contributed by atoms with Gasteiger partial charge in [-0.1, -0.05) is 34.6 Å². The molecular weight excluding hydrogens is 400 g/mol. The van der Waals surface area contributed by atoms with Gasteiger partial charge in [-0.15, -0.1) is 0 Å². The number of hydrogen-bond acceptors (Lipinski definition) is 7. The van der Waals surface area contributed by atoms with Crippen LogP contribution in [0.5, 0.6) is 0 Å². The van der Waals surface area contributed by atoms with Gasteiger partial charge >= 0.3 is 11.9 Å². The molecule has 0 aliphatic carbocycles. The lowest BCUT2D eigenvalue weighted by Crippen LogP contribution is -2.68. The first-order valence-electron chi connectivity index (χ1n) is 11.5. The lowest BCUT2D eigenvalue weighted by molar-refractivity contribution is -0.263. The van der Waals surface area contributed by atoms with E-state index in [2.05, 4.69) is 6.92 Å². The smallest absolute Gasteiger partial charge is 0.340 e. The van der Waals surface area contributed by atoms with Gasteiger partial charge in [0.25, 0.3) is 0 Å². The Morgan fingerprint density at radius 3 is 2.16 bits per heavy atom. The number of ketones is 1. The maximum Gasteiger partial charge on any atom is 0.340 e. The Kier molecular flexibility index (Phi) is 8.31. The van der Waals surface area contributed by atoms with Crippen molar-refractivity contribution in [2.75, 3.05) is 13.7 Å². The van der Waals surface area contributed by atoms with Crippen LogP contribution in [0.2, 0.25) is 0 Å². The Morgan fingerprint density at radius 2 is 1.61 bits per heavy atom. The van der Waals surface area contributed by atoms with E-state index >= 15 is 0 Å². The first-order chi connectivity index (χ1) is 14.4. The van der Waals surface area contributed by atoms with Crippen LogP contribution in [-0.4, -0.2) is 54.8 Å². The summed E-state index contributed by atoms with van der Waals surface area (Å²) in [4.78, 5) is 38.0. The van der Waals surface area contributed by atoms with E-state index in [-0.39, 0.29) is 42.0 Å². The largest absolute Gasteiger partial charge is 0.458 e. The van der Waals surface area contributed by atoms with Gasteiger partial charge in [0.05, 0.1) is 18.1 Å². The minimum atomic E-state index is -1.05. The highest BCUT2D eigenvalue weighted by molar-refractivity contribution is 5.84. The summed E-state index contributed by atoms with van der Waals surface area (Å²) < 4.78 is 22.9. The van der Waals surface area contributed by atoms with E-state index in [1.807, 2.05) is 34.6 Å². The second-order valence-electron chi connectivity index (χ2n) is 10.2. The predicted octanol–water partition coefficient (Wildman–Crippen LogP) is 3.71. The maximum absolute atomic E-state index is 13.0. The molecule has 8 atom stereocenters. The van der Waals surface area contributed by atoms with Crippen LogP contribution in [0.15, 0.2) is 0 Å². The molecule has 0 radical (unpaired) electrons. The molecule has 3 unspecified atom stereocenters. The first kappa shape index (κ1) is 25.8. The normalized spacial score (nSPS) is 43.4. The van der Waals surface area contributed by atoms with E-state index in [0.29, 0.717) is 19.3 Å². The summed E-state index contributed by atoms with van der Waals surface area (Å²) in [5.41, 5.74) is -1.52. The van der Waals surface area contributed by atoms with Gasteiger partial charge in [0.2, 0.25) is 0 Å². The lowest BCUT2D eigenvalue weighted by Gasteiger charge is -2.48. The molecule has 2 fully saturated rings. The lowest BCUT2D eigenvalue weighted by atomic mass is 9.79. The van der Waals surface area contributed by atoms with Crippen LogP contribution >= 0.6 is 0 Å². The summed E-state index contributed by atoms with van der Waals surface area (Å²) in [7, 11) is 1.67. The average molecular weight is 441 g/mol. The molecule has 0 saturated carbocycles. The van der Waals surface area contributed by atoms with Gasteiger partial charge in [-0.3, -0.25) is 9.59 Å². The van der Waals surface area contributed by atoms with Crippen molar-refractivity contribution < 1.29 is 33.3 Å². The Morgan fingerprint density at radius 1 is 0.968 bits per heavy atom. The Balaban J connectivity index is 2.30. The standard InChI is InChI=1S/C24H40O7/c1-9-18-24(7)20(22(27)31-24)29-13-17(5)19(25)16(4)12-23(6,28-8)11-14(2)10-15(3)21(26)30-18/h14-18,20H,9-13H2,1-8H3/t14?,15?,16-,17-,18-,20?,23+,24-/m1/s1. The van der Waals surface area contributed by atoms with E-state index in [1.165, 1.54) is 0 Å².